The first-order valence-electron chi connectivity index (χ1n) is 12.0. The summed E-state index contributed by atoms with van der Waals surface area (Å²) < 4.78 is 43.2. The maximum atomic E-state index is 13.1. The van der Waals surface area contributed by atoms with Gasteiger partial charge in [-0.2, -0.15) is 18.2 Å². The minimum Gasteiger partial charge on any atom is -0.455 e. The molecule has 1 amide bonds. The van der Waals surface area contributed by atoms with Crippen LogP contribution in [-0.2, 0) is 0 Å². The molecule has 39 heavy (non-hydrogen) atoms. The van der Waals surface area contributed by atoms with E-state index in [1.165, 1.54) is 11.1 Å². The second-order valence-corrected chi connectivity index (χ2v) is 10.2. The Morgan fingerprint density at radius 2 is 1.72 bits per heavy atom. The summed E-state index contributed by atoms with van der Waals surface area (Å²) in [5.41, 5.74) is 1.90. The van der Waals surface area contributed by atoms with Gasteiger partial charge in [0.05, 0.1) is 32.9 Å². The van der Waals surface area contributed by atoms with Crippen molar-refractivity contribution in [2.75, 3.05) is 54.6 Å². The Kier molecular flexibility index (Phi) is 7.95. The number of fused-ring (bicyclic) bond motifs is 1. The van der Waals surface area contributed by atoms with Crippen molar-refractivity contribution < 1.29 is 22.7 Å². The Balaban J connectivity index is 1.23. The fourth-order valence-corrected chi connectivity index (χ4v) is 5.29. The highest BCUT2D eigenvalue weighted by molar-refractivity contribution is 6.40. The lowest BCUT2D eigenvalue weighted by Crippen LogP contribution is -2.47. The average Bonchev–Trinajstić information content (AvgIpc) is 2.89. The molecule has 206 valence electrons. The van der Waals surface area contributed by atoms with Crippen molar-refractivity contribution in [2.45, 2.75) is 12.6 Å². The molecular weight excluding hydrogens is 580 g/mol. The lowest BCUT2D eigenvalue weighted by molar-refractivity contribution is -0.138. The molecule has 0 spiro atoms. The first-order valence-corrected chi connectivity index (χ1v) is 13.1. The van der Waals surface area contributed by atoms with Crippen LogP contribution in [0.1, 0.15) is 16.8 Å². The van der Waals surface area contributed by atoms with E-state index in [4.69, 9.17) is 39.5 Å². The number of nitrogens with one attached hydrogen (secondary N) is 1. The van der Waals surface area contributed by atoms with E-state index in [9.17, 15) is 18.0 Å². The molecule has 1 fully saturated rings. The zero-order valence-electron chi connectivity index (χ0n) is 20.3. The second-order valence-electron chi connectivity index (χ2n) is 8.97. The fourth-order valence-electron chi connectivity index (χ4n) is 4.39. The van der Waals surface area contributed by atoms with Crippen LogP contribution in [0, 0.1) is 0 Å². The summed E-state index contributed by atoms with van der Waals surface area (Å²) >= 11 is 19.0. The third-order valence-corrected chi connectivity index (χ3v) is 7.31. The van der Waals surface area contributed by atoms with E-state index >= 15 is 0 Å². The summed E-state index contributed by atoms with van der Waals surface area (Å²) in [5.74, 6) is -0.0837. The number of halogens is 6. The van der Waals surface area contributed by atoms with Crippen LogP contribution in [-0.4, -0.2) is 66.4 Å². The van der Waals surface area contributed by atoms with E-state index in [1.807, 2.05) is 11.0 Å². The van der Waals surface area contributed by atoms with Crippen LogP contribution in [0.4, 0.5) is 36.2 Å². The number of hydrogen-bond acceptors (Lipinski definition) is 7. The number of aromatic nitrogens is 2. The van der Waals surface area contributed by atoms with Crippen molar-refractivity contribution >= 4 is 63.7 Å². The number of ether oxygens (including phenoxy) is 1. The maximum Gasteiger partial charge on any atom is 0.390 e. The Morgan fingerprint density at radius 3 is 2.38 bits per heavy atom. The maximum absolute atomic E-state index is 13.1. The molecule has 0 bridgehead atoms. The topological polar surface area (TPSA) is 73.8 Å². The number of piperazine rings is 1. The Labute approximate surface area is 237 Å². The van der Waals surface area contributed by atoms with E-state index in [0.717, 1.165) is 5.69 Å². The lowest BCUT2D eigenvalue weighted by Gasteiger charge is -2.36. The Bertz CT molecular complexity index is 1370. The van der Waals surface area contributed by atoms with Gasteiger partial charge < -0.3 is 15.0 Å². The van der Waals surface area contributed by atoms with Crippen LogP contribution in [0.5, 0.6) is 5.88 Å². The molecule has 1 saturated heterocycles. The molecule has 2 aliphatic rings. The van der Waals surface area contributed by atoms with Crippen molar-refractivity contribution in [1.29, 1.82) is 0 Å². The van der Waals surface area contributed by atoms with Crippen molar-refractivity contribution in [3.05, 3.63) is 63.2 Å². The highest BCUT2D eigenvalue weighted by atomic mass is 35.5. The quantitative estimate of drug-likeness (QED) is 0.358. The van der Waals surface area contributed by atoms with E-state index in [0.29, 0.717) is 52.6 Å². The van der Waals surface area contributed by atoms with Gasteiger partial charge in [-0.25, -0.2) is 4.98 Å². The smallest absolute Gasteiger partial charge is 0.390 e. The standard InChI is InChI=1S/C25H22Cl3F3N6O2/c26-17-2-1-3-18(27)21(17)37-14-39-22-16(23(37)38)13-32-24(34-22)33-15-4-5-20(19(28)12-15)36-10-8-35(9-11-36)7-6-25(29,30)31/h1-5,12-13H,6-11,14H2,(H,32,33,34). The van der Waals surface area contributed by atoms with Gasteiger partial charge in [0.1, 0.15) is 5.56 Å². The van der Waals surface area contributed by atoms with Crippen molar-refractivity contribution in [3.8, 4) is 5.88 Å². The van der Waals surface area contributed by atoms with Gasteiger partial charge in [0.15, 0.2) is 6.73 Å². The van der Waals surface area contributed by atoms with Gasteiger partial charge in [-0.3, -0.25) is 14.6 Å². The highest BCUT2D eigenvalue weighted by Crippen LogP contribution is 2.37. The molecule has 14 heteroatoms. The summed E-state index contributed by atoms with van der Waals surface area (Å²) in [6.07, 6.45) is -3.61. The molecule has 2 aromatic carbocycles. The average molecular weight is 602 g/mol. The number of benzene rings is 2. The van der Waals surface area contributed by atoms with Gasteiger partial charge >= 0.3 is 6.18 Å². The Hall–Kier alpha value is -2.99. The summed E-state index contributed by atoms with van der Waals surface area (Å²) in [6.45, 7) is 2.05. The van der Waals surface area contributed by atoms with E-state index < -0.39 is 18.5 Å². The minimum absolute atomic E-state index is 0.00417. The molecular formula is C25H22Cl3F3N6O2. The number of amides is 1. The van der Waals surface area contributed by atoms with Gasteiger partial charge in [0.25, 0.3) is 5.91 Å². The SMILES string of the molecule is O=C1c2cnc(Nc3ccc(N4CCN(CCC(F)(F)F)CC4)c(Cl)c3)nc2OCN1c1c(Cl)cccc1Cl. The van der Waals surface area contributed by atoms with Gasteiger partial charge in [0, 0.05) is 44.6 Å². The van der Waals surface area contributed by atoms with Gasteiger partial charge in [-0.15, -0.1) is 0 Å². The highest BCUT2D eigenvalue weighted by Gasteiger charge is 2.32. The number of alkyl halides is 3. The zero-order chi connectivity index (χ0) is 27.7. The molecule has 5 rings (SSSR count). The summed E-state index contributed by atoms with van der Waals surface area (Å²) in [4.78, 5) is 26.8. The predicted molar refractivity (Wildman–Crippen MR) is 145 cm³/mol. The molecule has 2 aliphatic heterocycles. The number of para-hydroxylation sites is 1. The minimum atomic E-state index is -4.15. The Morgan fingerprint density at radius 1 is 1.00 bits per heavy atom. The fraction of sp³-hybridized carbons (Fsp3) is 0.320. The largest absolute Gasteiger partial charge is 0.455 e. The number of carbonyl (C=O) groups excluding carboxylic acids is 1. The van der Waals surface area contributed by atoms with Gasteiger partial charge in [-0.05, 0) is 30.3 Å². The van der Waals surface area contributed by atoms with Crippen LogP contribution in [0.2, 0.25) is 15.1 Å². The van der Waals surface area contributed by atoms with E-state index in [1.54, 1.807) is 35.2 Å². The zero-order valence-corrected chi connectivity index (χ0v) is 22.6. The second kappa shape index (κ2) is 11.2. The van der Waals surface area contributed by atoms with Gasteiger partial charge in [-0.1, -0.05) is 40.9 Å². The van der Waals surface area contributed by atoms with Crippen LogP contribution in [0.15, 0.2) is 42.6 Å². The molecule has 1 aromatic heterocycles. The molecule has 0 unspecified atom stereocenters. The number of nitrogens with zero attached hydrogens (tertiary/aromatic N) is 5. The number of hydrogen-bond donors (Lipinski definition) is 1. The predicted octanol–water partition coefficient (Wildman–Crippen LogP) is 6.25. The van der Waals surface area contributed by atoms with Gasteiger partial charge in [0.2, 0.25) is 11.8 Å². The molecule has 8 nitrogen and oxygen atoms in total. The lowest BCUT2D eigenvalue weighted by atomic mass is 10.2. The third kappa shape index (κ3) is 6.27. The monoisotopic (exact) mass is 600 g/mol. The molecule has 0 radical (unpaired) electrons. The molecule has 0 aliphatic carbocycles. The first kappa shape index (κ1) is 27.6. The molecule has 0 saturated carbocycles. The van der Waals surface area contributed by atoms with Crippen LogP contribution < -0.4 is 19.9 Å². The van der Waals surface area contributed by atoms with Crippen LogP contribution >= 0.6 is 34.8 Å². The van der Waals surface area contributed by atoms with E-state index in [-0.39, 0.29) is 30.7 Å². The third-order valence-electron chi connectivity index (χ3n) is 6.40. The summed E-state index contributed by atoms with van der Waals surface area (Å²) in [5, 5.41) is 4.15. The van der Waals surface area contributed by atoms with Crippen molar-refractivity contribution in [2.24, 2.45) is 0 Å². The van der Waals surface area contributed by atoms with Crippen LogP contribution in [0.25, 0.3) is 0 Å². The molecule has 0 atom stereocenters. The van der Waals surface area contributed by atoms with E-state index in [2.05, 4.69) is 15.3 Å². The van der Waals surface area contributed by atoms with Crippen molar-refractivity contribution in [3.63, 3.8) is 0 Å². The normalized spacial score (nSPS) is 16.2. The summed E-state index contributed by atoms with van der Waals surface area (Å²) in [7, 11) is 0. The molecule has 3 heterocycles. The molecule has 1 N–H and O–H groups in total. The number of anilines is 4. The number of rotatable bonds is 6. The van der Waals surface area contributed by atoms with Crippen molar-refractivity contribution in [1.82, 2.24) is 14.9 Å². The number of carbonyl (C=O) groups is 1. The molecule has 3 aromatic rings. The van der Waals surface area contributed by atoms with Crippen LogP contribution in [0.3, 0.4) is 0 Å². The first-order chi connectivity index (χ1) is 18.6. The summed E-state index contributed by atoms with van der Waals surface area (Å²) in [6, 6.07) is 10.3.